The van der Waals surface area contributed by atoms with E-state index in [0.717, 1.165) is 36.9 Å². The Balaban J connectivity index is 1.97. The second kappa shape index (κ2) is 7.60. The summed E-state index contributed by atoms with van der Waals surface area (Å²) < 4.78 is 11.1. The highest BCUT2D eigenvalue weighted by Crippen LogP contribution is 2.38. The van der Waals surface area contributed by atoms with Gasteiger partial charge < -0.3 is 14.8 Å². The van der Waals surface area contributed by atoms with Gasteiger partial charge in [-0.2, -0.15) is 0 Å². The molecule has 112 valence electrons. The Morgan fingerprint density at radius 3 is 2.85 bits per heavy atom. The van der Waals surface area contributed by atoms with Gasteiger partial charge >= 0.3 is 0 Å². The zero-order valence-corrected chi connectivity index (χ0v) is 12.8. The van der Waals surface area contributed by atoms with E-state index >= 15 is 0 Å². The van der Waals surface area contributed by atoms with Crippen LogP contribution in [0.1, 0.15) is 44.8 Å². The largest absolute Gasteiger partial charge is 0.495 e. The molecule has 0 spiro atoms. The molecule has 0 amide bonds. The molecule has 0 radical (unpaired) electrons. The molecule has 1 aliphatic rings. The van der Waals surface area contributed by atoms with E-state index in [2.05, 4.69) is 24.1 Å². The van der Waals surface area contributed by atoms with Gasteiger partial charge in [0.1, 0.15) is 5.75 Å². The van der Waals surface area contributed by atoms with Crippen molar-refractivity contribution in [2.75, 3.05) is 20.3 Å². The quantitative estimate of drug-likeness (QED) is 0.794. The normalized spacial score (nSPS) is 23.1. The standard InChI is InChI=1S/C16H26N2O2/c1-4-17-14(11-12-9-13(10-12)20-5-2)16-15(19-3)7-6-8-18-16/h6-8,12-14,17H,4-5,9-11H2,1-3H3. The van der Waals surface area contributed by atoms with E-state index in [1.807, 2.05) is 18.3 Å². The van der Waals surface area contributed by atoms with Crippen molar-refractivity contribution in [3.8, 4) is 5.75 Å². The average molecular weight is 278 g/mol. The van der Waals surface area contributed by atoms with Crippen LogP contribution in [0.15, 0.2) is 18.3 Å². The van der Waals surface area contributed by atoms with Crippen molar-refractivity contribution in [3.63, 3.8) is 0 Å². The van der Waals surface area contributed by atoms with Gasteiger partial charge in [-0.05, 0) is 50.8 Å². The summed E-state index contributed by atoms with van der Waals surface area (Å²) in [7, 11) is 1.71. The second-order valence-electron chi connectivity index (χ2n) is 5.35. The van der Waals surface area contributed by atoms with Crippen LogP contribution in [-0.4, -0.2) is 31.3 Å². The number of ether oxygens (including phenoxy) is 2. The molecule has 1 N–H and O–H groups in total. The highest BCUT2D eigenvalue weighted by Gasteiger charge is 2.32. The molecule has 1 saturated carbocycles. The molecule has 0 bridgehead atoms. The van der Waals surface area contributed by atoms with Gasteiger partial charge in [0.15, 0.2) is 0 Å². The van der Waals surface area contributed by atoms with Crippen LogP contribution >= 0.6 is 0 Å². The average Bonchev–Trinajstić information content (AvgIpc) is 2.44. The number of aromatic nitrogens is 1. The van der Waals surface area contributed by atoms with Gasteiger partial charge in [-0.1, -0.05) is 6.92 Å². The van der Waals surface area contributed by atoms with Crippen molar-refractivity contribution in [2.24, 2.45) is 5.92 Å². The van der Waals surface area contributed by atoms with Crippen LogP contribution in [0, 0.1) is 5.92 Å². The lowest BCUT2D eigenvalue weighted by Crippen LogP contribution is -2.35. The first-order chi connectivity index (χ1) is 9.78. The summed E-state index contributed by atoms with van der Waals surface area (Å²) in [6.45, 7) is 5.95. The molecular formula is C16H26N2O2. The Labute approximate surface area is 121 Å². The maximum atomic E-state index is 5.64. The van der Waals surface area contributed by atoms with E-state index in [1.54, 1.807) is 7.11 Å². The molecule has 1 aromatic rings. The number of nitrogens with one attached hydrogen (secondary N) is 1. The Kier molecular flexibility index (Phi) is 5.80. The molecule has 1 aliphatic carbocycles. The molecular weight excluding hydrogens is 252 g/mol. The monoisotopic (exact) mass is 278 g/mol. The van der Waals surface area contributed by atoms with E-state index in [9.17, 15) is 0 Å². The molecule has 0 saturated heterocycles. The summed E-state index contributed by atoms with van der Waals surface area (Å²) in [6.07, 6.45) is 5.75. The van der Waals surface area contributed by atoms with Gasteiger partial charge in [0.25, 0.3) is 0 Å². The van der Waals surface area contributed by atoms with Gasteiger partial charge in [-0.25, -0.2) is 0 Å². The summed E-state index contributed by atoms with van der Waals surface area (Å²) in [6, 6.07) is 4.17. The number of methoxy groups -OCH3 is 1. The minimum atomic E-state index is 0.267. The first-order valence-electron chi connectivity index (χ1n) is 7.62. The Morgan fingerprint density at radius 2 is 2.20 bits per heavy atom. The molecule has 1 heterocycles. The number of nitrogens with zero attached hydrogens (tertiary/aromatic N) is 1. The molecule has 1 unspecified atom stereocenters. The smallest absolute Gasteiger partial charge is 0.141 e. The van der Waals surface area contributed by atoms with Crippen LogP contribution < -0.4 is 10.1 Å². The lowest BCUT2D eigenvalue weighted by Gasteiger charge is -2.37. The minimum absolute atomic E-state index is 0.267. The molecule has 4 heteroatoms. The minimum Gasteiger partial charge on any atom is -0.495 e. The maximum Gasteiger partial charge on any atom is 0.141 e. The number of hydrogen-bond acceptors (Lipinski definition) is 4. The van der Waals surface area contributed by atoms with Gasteiger partial charge in [0.2, 0.25) is 0 Å². The maximum absolute atomic E-state index is 5.64. The van der Waals surface area contributed by atoms with E-state index in [4.69, 9.17) is 9.47 Å². The molecule has 1 aromatic heterocycles. The molecule has 4 nitrogen and oxygen atoms in total. The van der Waals surface area contributed by atoms with Crippen molar-refractivity contribution in [3.05, 3.63) is 24.0 Å². The van der Waals surface area contributed by atoms with Crippen molar-refractivity contribution >= 4 is 0 Å². The molecule has 0 aromatic carbocycles. The second-order valence-corrected chi connectivity index (χ2v) is 5.35. The Morgan fingerprint density at radius 1 is 1.40 bits per heavy atom. The van der Waals surface area contributed by atoms with Gasteiger partial charge in [-0.3, -0.25) is 4.98 Å². The number of pyridine rings is 1. The van der Waals surface area contributed by atoms with Crippen molar-refractivity contribution in [1.29, 1.82) is 0 Å². The summed E-state index contributed by atoms with van der Waals surface area (Å²) >= 11 is 0. The topological polar surface area (TPSA) is 43.4 Å². The van der Waals surface area contributed by atoms with Crippen molar-refractivity contribution in [2.45, 2.75) is 45.3 Å². The van der Waals surface area contributed by atoms with Crippen LogP contribution in [0.25, 0.3) is 0 Å². The predicted molar refractivity (Wildman–Crippen MR) is 80.0 cm³/mol. The Bertz CT molecular complexity index is 405. The fraction of sp³-hybridized carbons (Fsp3) is 0.688. The lowest BCUT2D eigenvalue weighted by atomic mass is 9.77. The van der Waals surface area contributed by atoms with E-state index in [0.29, 0.717) is 6.10 Å². The van der Waals surface area contributed by atoms with Crippen LogP contribution in [0.2, 0.25) is 0 Å². The van der Waals surface area contributed by atoms with Gasteiger partial charge in [0, 0.05) is 12.8 Å². The lowest BCUT2D eigenvalue weighted by molar-refractivity contribution is -0.0292. The predicted octanol–water partition coefficient (Wildman–Crippen LogP) is 2.95. The van der Waals surface area contributed by atoms with Crippen molar-refractivity contribution in [1.82, 2.24) is 10.3 Å². The van der Waals surface area contributed by atoms with E-state index in [-0.39, 0.29) is 6.04 Å². The zero-order chi connectivity index (χ0) is 14.4. The van der Waals surface area contributed by atoms with E-state index < -0.39 is 0 Å². The van der Waals surface area contributed by atoms with Gasteiger partial charge in [0.05, 0.1) is 24.9 Å². The third-order valence-corrected chi connectivity index (χ3v) is 3.96. The molecule has 2 rings (SSSR count). The third-order valence-electron chi connectivity index (χ3n) is 3.96. The van der Waals surface area contributed by atoms with Crippen LogP contribution in [0.5, 0.6) is 5.75 Å². The summed E-state index contributed by atoms with van der Waals surface area (Å²) in [5.41, 5.74) is 1.02. The van der Waals surface area contributed by atoms with Crippen LogP contribution in [-0.2, 0) is 4.74 Å². The number of rotatable bonds is 8. The third kappa shape index (κ3) is 3.70. The van der Waals surface area contributed by atoms with Gasteiger partial charge in [-0.15, -0.1) is 0 Å². The fourth-order valence-corrected chi connectivity index (χ4v) is 2.95. The Hall–Kier alpha value is -1.13. The zero-order valence-electron chi connectivity index (χ0n) is 12.8. The number of hydrogen-bond donors (Lipinski definition) is 1. The fourth-order valence-electron chi connectivity index (χ4n) is 2.95. The van der Waals surface area contributed by atoms with Crippen LogP contribution in [0.4, 0.5) is 0 Å². The summed E-state index contributed by atoms with van der Waals surface area (Å²) in [5, 5.41) is 3.54. The van der Waals surface area contributed by atoms with Crippen molar-refractivity contribution < 1.29 is 9.47 Å². The molecule has 20 heavy (non-hydrogen) atoms. The highest BCUT2D eigenvalue weighted by molar-refractivity contribution is 5.29. The van der Waals surface area contributed by atoms with Crippen LogP contribution in [0.3, 0.4) is 0 Å². The summed E-state index contributed by atoms with van der Waals surface area (Å²) in [4.78, 5) is 4.52. The first kappa shape index (κ1) is 15.3. The molecule has 0 aliphatic heterocycles. The summed E-state index contributed by atoms with van der Waals surface area (Å²) in [5.74, 6) is 1.60. The molecule has 1 atom stereocenters. The SMILES string of the molecule is CCNC(CC1CC(OCC)C1)c1ncccc1OC. The highest BCUT2D eigenvalue weighted by atomic mass is 16.5. The van der Waals surface area contributed by atoms with E-state index in [1.165, 1.54) is 12.8 Å². The molecule has 1 fully saturated rings. The first-order valence-corrected chi connectivity index (χ1v) is 7.62.